The summed E-state index contributed by atoms with van der Waals surface area (Å²) in [5, 5.41) is 3.24. The predicted octanol–water partition coefficient (Wildman–Crippen LogP) is 3.30. The fourth-order valence-corrected chi connectivity index (χ4v) is 4.86. The lowest BCUT2D eigenvalue weighted by molar-refractivity contribution is 0.102. The van der Waals surface area contributed by atoms with Gasteiger partial charge in [0.2, 0.25) is 10.0 Å². The summed E-state index contributed by atoms with van der Waals surface area (Å²) < 4.78 is 28.2. The second-order valence-corrected chi connectivity index (χ2v) is 9.11. The number of hydrogen-bond acceptors (Lipinski definition) is 5. The van der Waals surface area contributed by atoms with Crippen LogP contribution in [0.1, 0.15) is 28.8 Å². The van der Waals surface area contributed by atoms with Crippen molar-refractivity contribution in [3.05, 3.63) is 53.6 Å². The number of sulfonamides is 1. The van der Waals surface area contributed by atoms with Gasteiger partial charge in [-0.25, -0.2) is 18.1 Å². The average molecular weight is 387 g/mol. The molecule has 1 aliphatic carbocycles. The van der Waals surface area contributed by atoms with Crippen molar-refractivity contribution in [3.8, 4) is 0 Å². The van der Waals surface area contributed by atoms with E-state index in [2.05, 4.69) is 15.0 Å². The summed E-state index contributed by atoms with van der Waals surface area (Å²) in [6, 6.07) is 11.9. The van der Waals surface area contributed by atoms with Crippen molar-refractivity contribution in [2.75, 3.05) is 5.32 Å². The number of carbonyl (C=O) groups excluding carboxylic acids is 1. The second kappa shape index (κ2) is 6.46. The number of aromatic nitrogens is 1. The molecule has 1 saturated carbocycles. The molecule has 1 heterocycles. The van der Waals surface area contributed by atoms with E-state index in [4.69, 9.17) is 0 Å². The standard InChI is InChI=1S/C18H17N3O3S2/c1-11-5-8-15-16(9-11)25-18(19-15)20-17(22)12-3-2-4-14(10-12)26(23,24)21-13-6-7-13/h2-5,8-10,13,21H,6-7H2,1H3,(H,19,20,22). The van der Waals surface area contributed by atoms with Crippen molar-refractivity contribution in [2.45, 2.75) is 30.7 Å². The van der Waals surface area contributed by atoms with E-state index in [9.17, 15) is 13.2 Å². The Morgan fingerprint density at radius 1 is 1.19 bits per heavy atom. The van der Waals surface area contributed by atoms with Crippen molar-refractivity contribution in [3.63, 3.8) is 0 Å². The lowest BCUT2D eigenvalue weighted by atomic mass is 10.2. The first-order valence-corrected chi connectivity index (χ1v) is 10.5. The maximum absolute atomic E-state index is 12.5. The van der Waals surface area contributed by atoms with Crippen molar-refractivity contribution in [1.29, 1.82) is 0 Å². The average Bonchev–Trinajstić information content (AvgIpc) is 3.31. The highest BCUT2D eigenvalue weighted by Gasteiger charge is 2.28. The Morgan fingerprint density at radius 3 is 2.77 bits per heavy atom. The third kappa shape index (κ3) is 3.62. The number of benzene rings is 2. The zero-order valence-electron chi connectivity index (χ0n) is 14.0. The van der Waals surface area contributed by atoms with Crippen LogP contribution in [0.15, 0.2) is 47.4 Å². The van der Waals surface area contributed by atoms with Gasteiger partial charge in [0.15, 0.2) is 5.13 Å². The van der Waals surface area contributed by atoms with Gasteiger partial charge in [-0.05, 0) is 55.7 Å². The molecule has 4 rings (SSSR count). The van der Waals surface area contributed by atoms with Crippen molar-refractivity contribution < 1.29 is 13.2 Å². The summed E-state index contributed by atoms with van der Waals surface area (Å²) in [4.78, 5) is 17.0. The molecule has 0 radical (unpaired) electrons. The summed E-state index contributed by atoms with van der Waals surface area (Å²) in [6.07, 6.45) is 1.72. The third-order valence-corrected chi connectivity index (χ3v) is 6.52. The third-order valence-electron chi connectivity index (χ3n) is 4.07. The van der Waals surface area contributed by atoms with Crippen LogP contribution in [0.2, 0.25) is 0 Å². The van der Waals surface area contributed by atoms with Crippen LogP contribution in [0.5, 0.6) is 0 Å². The number of anilines is 1. The number of carbonyl (C=O) groups is 1. The number of hydrogen-bond donors (Lipinski definition) is 2. The SMILES string of the molecule is Cc1ccc2nc(NC(=O)c3cccc(S(=O)(=O)NC4CC4)c3)sc2c1. The molecule has 0 bridgehead atoms. The summed E-state index contributed by atoms with van der Waals surface area (Å²) in [5.74, 6) is -0.385. The van der Waals surface area contributed by atoms with Crippen LogP contribution in [0.25, 0.3) is 10.2 Å². The molecule has 0 unspecified atom stereocenters. The zero-order valence-corrected chi connectivity index (χ0v) is 15.7. The quantitative estimate of drug-likeness (QED) is 0.703. The maximum Gasteiger partial charge on any atom is 0.257 e. The molecule has 134 valence electrons. The number of fused-ring (bicyclic) bond motifs is 1. The first kappa shape index (κ1) is 17.1. The maximum atomic E-state index is 12.5. The number of nitrogens with one attached hydrogen (secondary N) is 2. The Labute approximate surface area is 155 Å². The molecule has 1 aromatic heterocycles. The van der Waals surface area contributed by atoms with E-state index in [1.165, 1.54) is 23.5 Å². The molecular formula is C18H17N3O3S2. The molecule has 0 aliphatic heterocycles. The highest BCUT2D eigenvalue weighted by Crippen LogP contribution is 2.27. The Kier molecular flexibility index (Phi) is 4.26. The number of thiazole rings is 1. The highest BCUT2D eigenvalue weighted by molar-refractivity contribution is 7.89. The lowest BCUT2D eigenvalue weighted by Crippen LogP contribution is -2.26. The van der Waals surface area contributed by atoms with Gasteiger partial charge < -0.3 is 0 Å². The molecule has 1 fully saturated rings. The van der Waals surface area contributed by atoms with Gasteiger partial charge >= 0.3 is 0 Å². The summed E-state index contributed by atoms with van der Waals surface area (Å²) in [5.41, 5.74) is 2.22. The van der Waals surface area contributed by atoms with Gasteiger partial charge in [0.1, 0.15) is 0 Å². The van der Waals surface area contributed by atoms with Crippen LogP contribution in [0.3, 0.4) is 0 Å². The smallest absolute Gasteiger partial charge is 0.257 e. The Balaban J connectivity index is 1.56. The summed E-state index contributed by atoms with van der Waals surface area (Å²) in [7, 11) is -3.59. The Bertz CT molecular complexity index is 1100. The predicted molar refractivity (Wildman–Crippen MR) is 102 cm³/mol. The fraction of sp³-hybridized carbons (Fsp3) is 0.222. The summed E-state index contributed by atoms with van der Waals surface area (Å²) in [6.45, 7) is 2.00. The van der Waals surface area contributed by atoms with Crippen LogP contribution < -0.4 is 10.0 Å². The molecule has 6 nitrogen and oxygen atoms in total. The molecule has 0 atom stereocenters. The minimum Gasteiger partial charge on any atom is -0.298 e. The van der Waals surface area contributed by atoms with Crippen LogP contribution in [-0.2, 0) is 10.0 Å². The van der Waals surface area contributed by atoms with E-state index < -0.39 is 10.0 Å². The van der Waals surface area contributed by atoms with E-state index in [0.717, 1.165) is 28.6 Å². The molecule has 2 N–H and O–H groups in total. The van der Waals surface area contributed by atoms with Gasteiger partial charge in [0, 0.05) is 11.6 Å². The highest BCUT2D eigenvalue weighted by atomic mass is 32.2. The number of nitrogens with zero attached hydrogens (tertiary/aromatic N) is 1. The van der Waals surface area contributed by atoms with Crippen molar-refractivity contribution >= 4 is 42.6 Å². The van der Waals surface area contributed by atoms with E-state index in [0.29, 0.717) is 5.13 Å². The molecule has 0 spiro atoms. The zero-order chi connectivity index (χ0) is 18.3. The van der Waals surface area contributed by atoms with E-state index in [-0.39, 0.29) is 22.4 Å². The lowest BCUT2D eigenvalue weighted by Gasteiger charge is -2.07. The summed E-state index contributed by atoms with van der Waals surface area (Å²) >= 11 is 1.39. The number of rotatable bonds is 5. The molecule has 26 heavy (non-hydrogen) atoms. The van der Waals surface area contributed by atoms with Crippen LogP contribution >= 0.6 is 11.3 Å². The molecular weight excluding hydrogens is 370 g/mol. The minimum absolute atomic E-state index is 0.0173. The van der Waals surface area contributed by atoms with E-state index in [1.807, 2.05) is 25.1 Å². The van der Waals surface area contributed by atoms with Crippen molar-refractivity contribution in [1.82, 2.24) is 9.71 Å². The van der Waals surface area contributed by atoms with Gasteiger partial charge in [-0.2, -0.15) is 0 Å². The fourth-order valence-electron chi connectivity index (χ4n) is 2.55. The van der Waals surface area contributed by atoms with Gasteiger partial charge in [0.05, 0.1) is 15.1 Å². The number of aryl methyl sites for hydroxylation is 1. The number of amides is 1. The molecule has 0 saturated heterocycles. The van der Waals surface area contributed by atoms with Crippen LogP contribution in [0, 0.1) is 6.92 Å². The van der Waals surface area contributed by atoms with Gasteiger partial charge in [-0.15, -0.1) is 0 Å². The largest absolute Gasteiger partial charge is 0.298 e. The monoisotopic (exact) mass is 387 g/mol. The first-order chi connectivity index (χ1) is 12.4. The molecule has 3 aromatic rings. The van der Waals surface area contributed by atoms with E-state index >= 15 is 0 Å². The topological polar surface area (TPSA) is 88.2 Å². The van der Waals surface area contributed by atoms with Crippen LogP contribution in [-0.4, -0.2) is 25.4 Å². The molecule has 2 aromatic carbocycles. The van der Waals surface area contributed by atoms with Gasteiger partial charge in [0.25, 0.3) is 5.91 Å². The minimum atomic E-state index is -3.59. The Hall–Kier alpha value is -2.29. The normalized spacial score (nSPS) is 14.5. The van der Waals surface area contributed by atoms with Gasteiger partial charge in [-0.3, -0.25) is 10.1 Å². The first-order valence-electron chi connectivity index (χ1n) is 8.22. The molecule has 8 heteroatoms. The molecule has 1 aliphatic rings. The Morgan fingerprint density at radius 2 is 2.00 bits per heavy atom. The van der Waals surface area contributed by atoms with E-state index in [1.54, 1.807) is 12.1 Å². The van der Waals surface area contributed by atoms with Crippen molar-refractivity contribution in [2.24, 2.45) is 0 Å². The van der Waals surface area contributed by atoms with Crippen LogP contribution in [0.4, 0.5) is 5.13 Å². The molecule has 1 amide bonds. The second-order valence-electron chi connectivity index (χ2n) is 6.37. The van der Waals surface area contributed by atoms with Gasteiger partial charge in [-0.1, -0.05) is 23.5 Å².